The highest BCUT2D eigenvalue weighted by molar-refractivity contribution is 7.89. The van der Waals surface area contributed by atoms with Crippen LogP contribution in [-0.4, -0.2) is 55.7 Å². The van der Waals surface area contributed by atoms with E-state index in [1.54, 1.807) is 26.0 Å². The highest BCUT2D eigenvalue weighted by atomic mass is 35.5. The minimum atomic E-state index is -3.82. The number of nitrogens with one attached hydrogen (secondary N) is 1. The van der Waals surface area contributed by atoms with Gasteiger partial charge in [0.05, 0.1) is 22.8 Å². The van der Waals surface area contributed by atoms with Crippen molar-refractivity contribution in [3.05, 3.63) is 47.1 Å². The van der Waals surface area contributed by atoms with Crippen LogP contribution >= 0.6 is 11.6 Å². The van der Waals surface area contributed by atoms with E-state index in [0.717, 1.165) is 19.4 Å². The van der Waals surface area contributed by atoms with E-state index >= 15 is 0 Å². The summed E-state index contributed by atoms with van der Waals surface area (Å²) in [6.07, 6.45) is 3.14. The second kappa shape index (κ2) is 10.5. The summed E-state index contributed by atoms with van der Waals surface area (Å²) in [6.45, 7) is 5.35. The lowest BCUT2D eigenvalue weighted by Crippen LogP contribution is -2.41. The van der Waals surface area contributed by atoms with E-state index in [0.29, 0.717) is 31.1 Å². The van der Waals surface area contributed by atoms with Crippen molar-refractivity contribution in [3.63, 3.8) is 0 Å². The summed E-state index contributed by atoms with van der Waals surface area (Å²) in [6, 6.07) is 7.62. The Kier molecular flexibility index (Phi) is 7.93. The van der Waals surface area contributed by atoms with Crippen LogP contribution in [0, 0.1) is 5.92 Å². The maximum atomic E-state index is 12.9. The van der Waals surface area contributed by atoms with Gasteiger partial charge < -0.3 is 16.0 Å². The molecule has 3 rings (SSSR count). The van der Waals surface area contributed by atoms with Gasteiger partial charge in [-0.2, -0.15) is 4.31 Å². The first kappa shape index (κ1) is 24.9. The molecule has 3 N–H and O–H groups in total. The highest BCUT2D eigenvalue weighted by Crippen LogP contribution is 2.27. The van der Waals surface area contributed by atoms with Crippen LogP contribution in [0.2, 0.25) is 5.02 Å². The predicted molar refractivity (Wildman–Crippen MR) is 128 cm³/mol. The monoisotopic (exact) mass is 493 g/mol. The molecule has 0 spiro atoms. The molecule has 33 heavy (non-hydrogen) atoms. The lowest BCUT2D eigenvalue weighted by atomic mass is 9.97. The number of benzene rings is 1. The molecular weight excluding hydrogens is 466 g/mol. The van der Waals surface area contributed by atoms with Crippen molar-refractivity contribution >= 4 is 44.9 Å². The Bertz CT molecular complexity index is 1120. The Morgan fingerprint density at radius 1 is 1.24 bits per heavy atom. The van der Waals surface area contributed by atoms with Gasteiger partial charge >= 0.3 is 0 Å². The minimum Gasteiger partial charge on any atom is -0.369 e. The normalized spacial score (nSPS) is 16.6. The second-order valence-corrected chi connectivity index (χ2v) is 10.1. The van der Waals surface area contributed by atoms with Gasteiger partial charge in [0.1, 0.15) is 10.7 Å². The standard InChI is InChI=1S/C22H28ClN5O4S/c1-3-28(4-2)33(31,32)19-12-15(7-9-18(19)23)22(30)26-17-8-10-20(25-13-17)27-11-5-6-16(14-27)21(24)29/h7-10,12-13,16H,3-6,11,14H2,1-2H3,(H2,24,29)(H,26,30). The number of rotatable bonds is 8. The Labute approximate surface area is 199 Å². The number of carbonyl (C=O) groups is 2. The average molecular weight is 494 g/mol. The number of primary amides is 1. The number of nitrogens with two attached hydrogens (primary N) is 1. The summed E-state index contributed by atoms with van der Waals surface area (Å²) in [5.41, 5.74) is 6.05. The molecule has 0 bridgehead atoms. The summed E-state index contributed by atoms with van der Waals surface area (Å²) >= 11 is 6.14. The molecule has 1 aromatic carbocycles. The molecule has 1 fully saturated rings. The molecule has 1 aliphatic rings. The molecule has 178 valence electrons. The number of carbonyl (C=O) groups excluding carboxylic acids is 2. The van der Waals surface area contributed by atoms with Gasteiger partial charge in [-0.05, 0) is 43.2 Å². The molecule has 0 radical (unpaired) electrons. The molecule has 2 amide bonds. The SMILES string of the molecule is CCN(CC)S(=O)(=O)c1cc(C(=O)Nc2ccc(N3CCCC(C(N)=O)C3)nc2)ccc1Cl. The van der Waals surface area contributed by atoms with Crippen LogP contribution in [-0.2, 0) is 14.8 Å². The van der Waals surface area contributed by atoms with Crippen molar-refractivity contribution in [2.45, 2.75) is 31.6 Å². The van der Waals surface area contributed by atoms with Crippen LogP contribution in [0.5, 0.6) is 0 Å². The maximum absolute atomic E-state index is 12.9. The topological polar surface area (TPSA) is 126 Å². The molecule has 9 nitrogen and oxygen atoms in total. The number of anilines is 2. The van der Waals surface area contributed by atoms with Crippen LogP contribution in [0.3, 0.4) is 0 Å². The highest BCUT2D eigenvalue weighted by Gasteiger charge is 2.26. The number of pyridine rings is 1. The van der Waals surface area contributed by atoms with Gasteiger partial charge in [-0.1, -0.05) is 25.4 Å². The van der Waals surface area contributed by atoms with Crippen molar-refractivity contribution < 1.29 is 18.0 Å². The van der Waals surface area contributed by atoms with Crippen LogP contribution in [0.4, 0.5) is 11.5 Å². The Balaban J connectivity index is 1.75. The fourth-order valence-electron chi connectivity index (χ4n) is 3.81. The summed E-state index contributed by atoms with van der Waals surface area (Å²) in [7, 11) is -3.82. The summed E-state index contributed by atoms with van der Waals surface area (Å²) < 4.78 is 27.0. The van der Waals surface area contributed by atoms with Crippen molar-refractivity contribution in [3.8, 4) is 0 Å². The van der Waals surface area contributed by atoms with Crippen LogP contribution < -0.4 is 16.0 Å². The maximum Gasteiger partial charge on any atom is 0.255 e. The van der Waals surface area contributed by atoms with Crippen molar-refractivity contribution in [2.24, 2.45) is 11.7 Å². The van der Waals surface area contributed by atoms with Crippen LogP contribution in [0.15, 0.2) is 41.4 Å². The molecule has 2 heterocycles. The number of nitrogens with zero attached hydrogens (tertiary/aromatic N) is 3. The third-order valence-corrected chi connectivity index (χ3v) is 8.20. The molecule has 0 saturated carbocycles. The van der Waals surface area contributed by atoms with E-state index in [1.807, 2.05) is 4.90 Å². The molecule has 11 heteroatoms. The number of sulfonamides is 1. The zero-order valence-corrected chi connectivity index (χ0v) is 20.2. The number of piperidine rings is 1. The molecule has 2 aromatic rings. The fraction of sp³-hybridized carbons (Fsp3) is 0.409. The molecule has 1 unspecified atom stereocenters. The zero-order valence-electron chi connectivity index (χ0n) is 18.6. The van der Waals surface area contributed by atoms with Gasteiger partial charge in [0, 0.05) is 31.7 Å². The first-order chi connectivity index (χ1) is 15.7. The third kappa shape index (κ3) is 5.63. The largest absolute Gasteiger partial charge is 0.369 e. The Morgan fingerprint density at radius 2 is 1.97 bits per heavy atom. The zero-order chi connectivity index (χ0) is 24.2. The quantitative estimate of drug-likeness (QED) is 0.582. The number of aromatic nitrogens is 1. The number of halogens is 1. The molecule has 1 saturated heterocycles. The third-order valence-electron chi connectivity index (χ3n) is 5.67. The lowest BCUT2D eigenvalue weighted by Gasteiger charge is -2.32. The molecular formula is C22H28ClN5O4S. The second-order valence-electron chi connectivity index (χ2n) is 7.78. The van der Waals surface area contributed by atoms with Gasteiger partial charge in [0.15, 0.2) is 0 Å². The molecule has 0 aliphatic carbocycles. The molecule has 1 aliphatic heterocycles. The first-order valence-corrected chi connectivity index (χ1v) is 12.6. The summed E-state index contributed by atoms with van der Waals surface area (Å²) in [4.78, 5) is 30.5. The smallest absolute Gasteiger partial charge is 0.255 e. The van der Waals surface area contributed by atoms with Crippen LogP contribution in [0.1, 0.15) is 37.0 Å². The van der Waals surface area contributed by atoms with Gasteiger partial charge in [-0.15, -0.1) is 0 Å². The van der Waals surface area contributed by atoms with Gasteiger partial charge in [-0.3, -0.25) is 9.59 Å². The number of amides is 2. The summed E-state index contributed by atoms with van der Waals surface area (Å²) in [5, 5.41) is 2.78. The molecule has 1 aromatic heterocycles. The minimum absolute atomic E-state index is 0.0558. The Hall–Kier alpha value is -2.69. The van der Waals surface area contributed by atoms with Gasteiger partial charge in [0.25, 0.3) is 5.91 Å². The van der Waals surface area contributed by atoms with Gasteiger partial charge in [0.2, 0.25) is 15.9 Å². The molecule has 1 atom stereocenters. The number of hydrogen-bond acceptors (Lipinski definition) is 6. The van der Waals surface area contributed by atoms with E-state index in [2.05, 4.69) is 10.3 Å². The van der Waals surface area contributed by atoms with Crippen molar-refractivity contribution in [1.29, 1.82) is 0 Å². The predicted octanol–water partition coefficient (Wildman–Crippen LogP) is 2.72. The fourth-order valence-corrected chi connectivity index (χ4v) is 5.77. The first-order valence-electron chi connectivity index (χ1n) is 10.8. The summed E-state index contributed by atoms with van der Waals surface area (Å²) in [5.74, 6) is -0.303. The van der Waals surface area contributed by atoms with E-state index in [-0.39, 0.29) is 27.3 Å². The van der Waals surface area contributed by atoms with E-state index < -0.39 is 15.9 Å². The average Bonchev–Trinajstić information content (AvgIpc) is 2.80. The Morgan fingerprint density at radius 3 is 2.58 bits per heavy atom. The van der Waals surface area contributed by atoms with E-state index in [4.69, 9.17) is 17.3 Å². The van der Waals surface area contributed by atoms with E-state index in [9.17, 15) is 18.0 Å². The lowest BCUT2D eigenvalue weighted by molar-refractivity contribution is -0.122. The number of hydrogen-bond donors (Lipinski definition) is 2. The van der Waals surface area contributed by atoms with Crippen molar-refractivity contribution in [2.75, 3.05) is 36.4 Å². The van der Waals surface area contributed by atoms with Gasteiger partial charge in [-0.25, -0.2) is 13.4 Å². The van der Waals surface area contributed by atoms with E-state index in [1.165, 1.54) is 28.7 Å². The van der Waals surface area contributed by atoms with Crippen LogP contribution in [0.25, 0.3) is 0 Å². The van der Waals surface area contributed by atoms with Crippen molar-refractivity contribution in [1.82, 2.24) is 9.29 Å².